The summed E-state index contributed by atoms with van der Waals surface area (Å²) >= 11 is 0. The van der Waals surface area contributed by atoms with Crippen LogP contribution in [0.15, 0.2) is 58.0 Å². The second-order valence-electron chi connectivity index (χ2n) is 20.2. The predicted molar refractivity (Wildman–Crippen MR) is 253 cm³/mol. The van der Waals surface area contributed by atoms with Crippen LogP contribution >= 0.6 is 0 Å². The van der Waals surface area contributed by atoms with Crippen molar-refractivity contribution >= 4 is 34.4 Å². The van der Waals surface area contributed by atoms with Crippen LogP contribution in [0.3, 0.4) is 0 Å². The van der Waals surface area contributed by atoms with E-state index in [4.69, 9.17) is 32.8 Å². The van der Waals surface area contributed by atoms with Crippen molar-refractivity contribution in [3.8, 4) is 0 Å². The Labute approximate surface area is 401 Å². The molecule has 1 aromatic carbocycles. The zero-order chi connectivity index (χ0) is 49.5. The van der Waals surface area contributed by atoms with Gasteiger partial charge in [-0.05, 0) is 108 Å². The van der Waals surface area contributed by atoms with Crippen LogP contribution in [0.5, 0.6) is 0 Å². The van der Waals surface area contributed by atoms with Crippen LogP contribution in [0.4, 0.5) is 0 Å². The number of aliphatic hydroxyl groups excluding tert-OH is 2. The van der Waals surface area contributed by atoms with Crippen LogP contribution in [0.1, 0.15) is 130 Å². The minimum absolute atomic E-state index is 0.0177. The topological polar surface area (TPSA) is 201 Å². The molecule has 15 heteroatoms. The van der Waals surface area contributed by atoms with Crippen LogP contribution in [0.25, 0.3) is 11.0 Å². The summed E-state index contributed by atoms with van der Waals surface area (Å²) in [5, 5.41) is 35.9. The zero-order valence-corrected chi connectivity index (χ0v) is 41.6. The van der Waals surface area contributed by atoms with Gasteiger partial charge in [-0.1, -0.05) is 63.6 Å². The highest BCUT2D eigenvalue weighted by Crippen LogP contribution is 2.42. The highest BCUT2D eigenvalue weighted by Gasteiger charge is 2.57. The van der Waals surface area contributed by atoms with Gasteiger partial charge in [0.25, 0.3) is 11.7 Å². The van der Waals surface area contributed by atoms with Gasteiger partial charge in [-0.25, -0.2) is 4.79 Å². The van der Waals surface area contributed by atoms with E-state index in [1.807, 2.05) is 70.2 Å². The van der Waals surface area contributed by atoms with Crippen molar-refractivity contribution in [2.24, 2.45) is 29.6 Å². The average molecular weight is 952 g/mol. The Balaban J connectivity index is 1.27. The van der Waals surface area contributed by atoms with Gasteiger partial charge in [0.2, 0.25) is 5.79 Å². The molecule has 4 heterocycles. The number of rotatable bonds is 10. The van der Waals surface area contributed by atoms with Crippen LogP contribution in [0.2, 0.25) is 0 Å². The Hall–Kier alpha value is -3.80. The number of benzene rings is 1. The van der Waals surface area contributed by atoms with Crippen molar-refractivity contribution in [2.75, 3.05) is 34.5 Å². The van der Waals surface area contributed by atoms with E-state index >= 15 is 0 Å². The molecule has 2 saturated heterocycles. The molecule has 3 aliphatic heterocycles. The molecule has 0 radical (unpaired) electrons. The molecule has 1 aliphatic carbocycles. The number of hydrogen-bond donors (Lipinski definition) is 3. The van der Waals surface area contributed by atoms with Gasteiger partial charge in [-0.3, -0.25) is 14.4 Å². The number of piperidine rings is 1. The Morgan fingerprint density at radius 2 is 1.71 bits per heavy atom. The Bertz CT molecular complexity index is 2080. The summed E-state index contributed by atoms with van der Waals surface area (Å²) in [6.07, 6.45) is 4.35. The number of fused-ring (bicyclic) bond motifs is 4. The quantitative estimate of drug-likeness (QED) is 0.0926. The molecular formula is C53H77NO14. The van der Waals surface area contributed by atoms with Crippen molar-refractivity contribution in [2.45, 2.75) is 173 Å². The third kappa shape index (κ3) is 12.0. The first kappa shape index (κ1) is 53.5. The van der Waals surface area contributed by atoms with Gasteiger partial charge >= 0.3 is 5.97 Å². The molecule has 4 aliphatic rings. The maximum atomic E-state index is 14.5. The van der Waals surface area contributed by atoms with Gasteiger partial charge in [0.1, 0.15) is 41.5 Å². The number of methoxy groups -OCH3 is 3. The molecule has 378 valence electrons. The lowest BCUT2D eigenvalue weighted by molar-refractivity contribution is -0.344. The molecule has 3 N–H and O–H groups in total. The molecule has 1 aromatic heterocycles. The number of ether oxygens (including phenoxy) is 6. The Kier molecular flexibility index (Phi) is 18.4. The Morgan fingerprint density at radius 3 is 2.40 bits per heavy atom. The number of hydrogen-bond acceptors (Lipinski definition) is 14. The number of cyclic esters (lactones) is 1. The lowest BCUT2D eigenvalue weighted by atomic mass is 9.81. The molecule has 68 heavy (non-hydrogen) atoms. The molecule has 2 aromatic rings. The van der Waals surface area contributed by atoms with Gasteiger partial charge in [0.15, 0.2) is 5.79 Å². The maximum Gasteiger partial charge on any atom is 0.329 e. The van der Waals surface area contributed by atoms with Gasteiger partial charge in [0, 0.05) is 63.9 Å². The lowest BCUT2D eigenvalue weighted by Gasteiger charge is -2.48. The molecule has 1 saturated carbocycles. The molecular weight excluding hydrogens is 875 g/mol. The van der Waals surface area contributed by atoms with Crippen molar-refractivity contribution in [3.05, 3.63) is 59.4 Å². The van der Waals surface area contributed by atoms with Crippen molar-refractivity contribution in [3.63, 3.8) is 0 Å². The first-order valence-electron chi connectivity index (χ1n) is 24.8. The van der Waals surface area contributed by atoms with Crippen LogP contribution < -0.4 is 0 Å². The number of esters is 1. The maximum absolute atomic E-state index is 14.5. The molecule has 1 amide bonds. The number of aliphatic hydroxyl groups is 3. The number of carbonyl (C=O) groups is 4. The molecule has 13 unspecified atom stereocenters. The van der Waals surface area contributed by atoms with Gasteiger partial charge < -0.3 is 53.1 Å². The number of Topliss-reactive ketones (excluding diaryl/α,β-unsaturated/α-hetero) is 2. The number of carbonyl (C=O) groups excluding carboxylic acids is 4. The molecule has 6 rings (SSSR count). The summed E-state index contributed by atoms with van der Waals surface area (Å²) in [6.45, 7) is 11.3. The standard InChI is InChI=1S/C53H77NO14/c1-10-37-24-31(2)23-32(3)29-52(63-8,64-9)47-21-18-34(5)53(61,68-47)49(58)50(59)54-22-14-13-16-39(54)51(60)67-48(35(6)40(55)28-41(37)56)33(4)25-36-19-20-44(46(26-36)62-7)65-30-42(57)45-27-38-15-11-12-17-43(38)66-45/h11-12,15,17,24-25,27,32,34-37,39-40,42,44,46-48,55,57,61H,10,13-14,16,18-23,26,28-30H2,1-9H3. The summed E-state index contributed by atoms with van der Waals surface area (Å²) in [5.41, 5.74) is 2.30. The fourth-order valence-corrected chi connectivity index (χ4v) is 11.1. The monoisotopic (exact) mass is 952 g/mol. The van der Waals surface area contributed by atoms with E-state index < -0.39 is 77.4 Å². The van der Waals surface area contributed by atoms with E-state index in [9.17, 15) is 34.5 Å². The SMILES string of the molecule is CCC1C=C(C)CC(C)CC(OC)(OC)C2CCC(C)C(O)(O2)C(=O)C(=O)N2CCCCC2C(=O)OC(C(C)=CC2CCC(OCC(O)c3cc4ccccc4o3)C(OC)C2)C(C)C(O)CC1=O. The van der Waals surface area contributed by atoms with E-state index in [2.05, 4.69) is 0 Å². The third-order valence-electron chi connectivity index (χ3n) is 15.2. The fraction of sp³-hybridized carbons (Fsp3) is 0.698. The first-order chi connectivity index (χ1) is 32.4. The second-order valence-corrected chi connectivity index (χ2v) is 20.2. The molecule has 0 spiro atoms. The number of para-hydroxylation sites is 1. The Morgan fingerprint density at radius 1 is 0.971 bits per heavy atom. The summed E-state index contributed by atoms with van der Waals surface area (Å²) in [4.78, 5) is 58.5. The zero-order valence-electron chi connectivity index (χ0n) is 41.6. The summed E-state index contributed by atoms with van der Waals surface area (Å²) < 4.78 is 42.7. The van der Waals surface area contributed by atoms with E-state index in [1.54, 1.807) is 21.0 Å². The van der Waals surface area contributed by atoms with Crippen molar-refractivity contribution in [1.82, 2.24) is 4.90 Å². The second kappa shape index (κ2) is 23.4. The van der Waals surface area contributed by atoms with E-state index in [-0.39, 0.29) is 55.8 Å². The van der Waals surface area contributed by atoms with E-state index in [0.29, 0.717) is 81.1 Å². The minimum Gasteiger partial charge on any atom is -0.458 e. The number of allylic oxidation sites excluding steroid dienone is 3. The van der Waals surface area contributed by atoms with Crippen molar-refractivity contribution < 1.29 is 67.3 Å². The minimum atomic E-state index is -2.53. The summed E-state index contributed by atoms with van der Waals surface area (Å²) in [6, 6.07) is 8.19. The molecule has 2 bridgehead atoms. The fourth-order valence-electron chi connectivity index (χ4n) is 11.1. The van der Waals surface area contributed by atoms with Crippen LogP contribution in [-0.2, 0) is 47.6 Å². The predicted octanol–water partition coefficient (Wildman–Crippen LogP) is 7.33. The van der Waals surface area contributed by atoms with Crippen molar-refractivity contribution in [1.29, 1.82) is 0 Å². The third-order valence-corrected chi connectivity index (χ3v) is 15.2. The highest BCUT2D eigenvalue weighted by atomic mass is 16.7. The summed E-state index contributed by atoms with van der Waals surface area (Å²) in [5.74, 6) is -8.72. The van der Waals surface area contributed by atoms with Gasteiger partial charge in [0.05, 0.1) is 24.9 Å². The largest absolute Gasteiger partial charge is 0.458 e. The number of nitrogens with zero attached hydrogens (tertiary/aromatic N) is 1. The van der Waals surface area contributed by atoms with Gasteiger partial charge in [-0.2, -0.15) is 0 Å². The molecule has 13 atom stereocenters. The van der Waals surface area contributed by atoms with E-state index in [1.165, 1.54) is 19.1 Å². The van der Waals surface area contributed by atoms with E-state index in [0.717, 1.165) is 11.0 Å². The first-order valence-corrected chi connectivity index (χ1v) is 24.8. The smallest absolute Gasteiger partial charge is 0.329 e. The lowest BCUT2D eigenvalue weighted by Crippen LogP contribution is -2.64. The number of furan rings is 1. The summed E-state index contributed by atoms with van der Waals surface area (Å²) in [7, 11) is 4.59. The van der Waals surface area contributed by atoms with Crippen LogP contribution in [-0.4, -0.2) is 126 Å². The number of amides is 1. The molecule has 3 fully saturated rings. The number of ketones is 2. The van der Waals surface area contributed by atoms with Crippen LogP contribution in [0, 0.1) is 29.6 Å². The average Bonchev–Trinajstić information content (AvgIpc) is 3.78. The highest BCUT2D eigenvalue weighted by molar-refractivity contribution is 6.39. The normalized spacial score (nSPS) is 34.7. The van der Waals surface area contributed by atoms with Gasteiger partial charge in [-0.15, -0.1) is 0 Å². The molecule has 15 nitrogen and oxygen atoms in total.